The number of hydrogen-bond donors (Lipinski definition) is 1. The van der Waals surface area contributed by atoms with E-state index in [0.29, 0.717) is 0 Å². The molecule has 2 N–H and O–H groups in total. The molecule has 0 aliphatic heterocycles. The van der Waals surface area contributed by atoms with E-state index in [-0.39, 0.29) is 11.3 Å². The van der Waals surface area contributed by atoms with E-state index in [2.05, 4.69) is 6.92 Å². The Morgan fingerprint density at radius 3 is 2.42 bits per heavy atom. The summed E-state index contributed by atoms with van der Waals surface area (Å²) in [5, 5.41) is 0.268. The first-order valence-corrected chi connectivity index (χ1v) is 7.10. The predicted molar refractivity (Wildman–Crippen MR) is 78.7 cm³/mol. The zero-order valence-electron chi connectivity index (χ0n) is 11.4. The lowest BCUT2D eigenvalue weighted by atomic mass is 10.1. The van der Waals surface area contributed by atoms with E-state index in [9.17, 15) is 0 Å². The maximum absolute atomic E-state index is 6.30. The topological polar surface area (TPSA) is 48.4 Å². The average Bonchev–Trinajstić information content (AvgIpc) is 2.83. The fraction of sp³-hybridized carbons (Fsp3) is 0.333. The molecule has 102 valence electrons. The highest BCUT2D eigenvalue weighted by Crippen LogP contribution is 2.33. The molecule has 3 nitrogen and oxygen atoms in total. The van der Waals surface area contributed by atoms with Crippen molar-refractivity contribution in [3.05, 3.63) is 47.9 Å². The largest absolute Gasteiger partial charge is 0.497 e. The van der Waals surface area contributed by atoms with E-state index in [1.807, 2.05) is 37.3 Å². The lowest BCUT2D eigenvalue weighted by Gasteiger charge is -2.19. The first kappa shape index (κ1) is 14.0. The summed E-state index contributed by atoms with van der Waals surface area (Å²) < 4.78 is 10.5. The summed E-state index contributed by atoms with van der Waals surface area (Å²) in [6, 6.07) is 9.87. The van der Waals surface area contributed by atoms with E-state index in [1.54, 1.807) is 25.1 Å². The van der Waals surface area contributed by atoms with Crippen LogP contribution in [0.5, 0.6) is 5.75 Å². The van der Waals surface area contributed by atoms with Gasteiger partial charge in [-0.1, -0.05) is 19.1 Å². The Labute approximate surface area is 118 Å². The first-order valence-electron chi connectivity index (χ1n) is 6.22. The SMILES string of the molecule is COc1ccc(C(N)C(C)Sc2ccoc2C)cc1. The highest BCUT2D eigenvalue weighted by Gasteiger charge is 2.17. The molecular formula is C15H19NO2S. The molecule has 4 heteroatoms. The molecule has 0 aliphatic carbocycles. The van der Waals surface area contributed by atoms with Gasteiger partial charge in [-0.15, -0.1) is 11.8 Å². The Bertz CT molecular complexity index is 521. The molecule has 0 fully saturated rings. The number of aryl methyl sites for hydroxylation is 1. The molecule has 0 saturated carbocycles. The Kier molecular flexibility index (Phi) is 4.56. The average molecular weight is 277 g/mol. The van der Waals surface area contributed by atoms with Crippen molar-refractivity contribution in [1.29, 1.82) is 0 Å². The van der Waals surface area contributed by atoms with Crippen LogP contribution in [0, 0.1) is 6.92 Å². The molecule has 0 spiro atoms. The summed E-state index contributed by atoms with van der Waals surface area (Å²) in [6.07, 6.45) is 1.71. The van der Waals surface area contributed by atoms with Crippen LogP contribution in [0.25, 0.3) is 0 Å². The van der Waals surface area contributed by atoms with Gasteiger partial charge in [-0.25, -0.2) is 0 Å². The van der Waals surface area contributed by atoms with Gasteiger partial charge in [0.1, 0.15) is 11.5 Å². The van der Waals surface area contributed by atoms with E-state index >= 15 is 0 Å². The monoisotopic (exact) mass is 277 g/mol. The third-order valence-corrected chi connectivity index (χ3v) is 4.47. The number of methoxy groups -OCH3 is 1. The van der Waals surface area contributed by atoms with Gasteiger partial charge in [0.05, 0.1) is 13.4 Å². The van der Waals surface area contributed by atoms with Gasteiger partial charge < -0.3 is 14.9 Å². The van der Waals surface area contributed by atoms with Gasteiger partial charge >= 0.3 is 0 Å². The molecular weight excluding hydrogens is 258 g/mol. The van der Waals surface area contributed by atoms with Crippen molar-refractivity contribution in [2.24, 2.45) is 5.73 Å². The van der Waals surface area contributed by atoms with Crippen LogP contribution in [-0.4, -0.2) is 12.4 Å². The molecule has 0 aliphatic rings. The van der Waals surface area contributed by atoms with Crippen molar-refractivity contribution >= 4 is 11.8 Å². The van der Waals surface area contributed by atoms with Crippen molar-refractivity contribution in [3.63, 3.8) is 0 Å². The summed E-state index contributed by atoms with van der Waals surface area (Å²) in [4.78, 5) is 1.15. The molecule has 2 atom stereocenters. The Morgan fingerprint density at radius 1 is 1.21 bits per heavy atom. The van der Waals surface area contributed by atoms with Gasteiger partial charge in [-0.2, -0.15) is 0 Å². The van der Waals surface area contributed by atoms with Gasteiger partial charge in [0, 0.05) is 16.2 Å². The van der Waals surface area contributed by atoms with Gasteiger partial charge in [-0.05, 0) is 30.7 Å². The van der Waals surface area contributed by atoms with Crippen LogP contribution in [0.3, 0.4) is 0 Å². The van der Waals surface area contributed by atoms with Crippen molar-refractivity contribution in [2.75, 3.05) is 7.11 Å². The lowest BCUT2D eigenvalue weighted by Crippen LogP contribution is -2.20. The zero-order valence-corrected chi connectivity index (χ0v) is 12.2. The minimum atomic E-state index is -0.0230. The van der Waals surface area contributed by atoms with Crippen molar-refractivity contribution in [2.45, 2.75) is 30.0 Å². The van der Waals surface area contributed by atoms with Crippen LogP contribution in [0.1, 0.15) is 24.3 Å². The molecule has 19 heavy (non-hydrogen) atoms. The predicted octanol–water partition coefficient (Wildman–Crippen LogP) is 3.78. The molecule has 0 bridgehead atoms. The maximum atomic E-state index is 6.30. The molecule has 1 aromatic carbocycles. The molecule has 0 saturated heterocycles. The van der Waals surface area contributed by atoms with Gasteiger partial charge in [0.25, 0.3) is 0 Å². The summed E-state index contributed by atoms with van der Waals surface area (Å²) in [7, 11) is 1.66. The molecule has 0 radical (unpaired) electrons. The molecule has 1 aromatic heterocycles. The molecule has 2 aromatic rings. The number of benzene rings is 1. The number of rotatable bonds is 5. The lowest BCUT2D eigenvalue weighted by molar-refractivity contribution is 0.414. The second kappa shape index (κ2) is 6.17. The summed E-state index contributed by atoms with van der Waals surface area (Å²) in [5.74, 6) is 1.79. The number of ether oxygens (including phenoxy) is 1. The van der Waals surface area contributed by atoms with Gasteiger partial charge in [-0.3, -0.25) is 0 Å². The van der Waals surface area contributed by atoms with Crippen LogP contribution in [-0.2, 0) is 0 Å². The number of furan rings is 1. The third kappa shape index (κ3) is 3.33. The number of thioether (sulfide) groups is 1. The quantitative estimate of drug-likeness (QED) is 0.845. The molecule has 2 unspecified atom stereocenters. The minimum Gasteiger partial charge on any atom is -0.497 e. The van der Waals surface area contributed by atoms with E-state index in [4.69, 9.17) is 14.9 Å². The van der Waals surface area contributed by atoms with Gasteiger partial charge in [0.15, 0.2) is 0 Å². The van der Waals surface area contributed by atoms with Crippen molar-refractivity contribution < 1.29 is 9.15 Å². The molecule has 2 rings (SSSR count). The Morgan fingerprint density at radius 2 is 1.89 bits per heavy atom. The normalized spacial score (nSPS) is 14.1. The Balaban J connectivity index is 2.05. The minimum absolute atomic E-state index is 0.0230. The smallest absolute Gasteiger partial charge is 0.118 e. The van der Waals surface area contributed by atoms with Crippen LogP contribution < -0.4 is 10.5 Å². The van der Waals surface area contributed by atoms with Gasteiger partial charge in [0.2, 0.25) is 0 Å². The van der Waals surface area contributed by atoms with Crippen LogP contribution in [0.4, 0.5) is 0 Å². The van der Waals surface area contributed by atoms with E-state index in [1.165, 1.54) is 0 Å². The summed E-state index contributed by atoms with van der Waals surface area (Å²) in [5.41, 5.74) is 7.42. The van der Waals surface area contributed by atoms with E-state index < -0.39 is 0 Å². The van der Waals surface area contributed by atoms with E-state index in [0.717, 1.165) is 22.0 Å². The van der Waals surface area contributed by atoms with Crippen LogP contribution in [0.15, 0.2) is 45.9 Å². The van der Waals surface area contributed by atoms with Crippen molar-refractivity contribution in [1.82, 2.24) is 0 Å². The van der Waals surface area contributed by atoms with Crippen LogP contribution in [0.2, 0.25) is 0 Å². The van der Waals surface area contributed by atoms with Crippen LogP contribution >= 0.6 is 11.8 Å². The fourth-order valence-electron chi connectivity index (χ4n) is 1.87. The fourth-order valence-corrected chi connectivity index (χ4v) is 2.92. The van der Waals surface area contributed by atoms with Crippen molar-refractivity contribution in [3.8, 4) is 5.75 Å². The third-order valence-electron chi connectivity index (χ3n) is 3.13. The zero-order chi connectivity index (χ0) is 13.8. The standard InChI is InChI=1S/C15H19NO2S/c1-10-14(8-9-18-10)19-11(2)15(16)12-4-6-13(17-3)7-5-12/h4-9,11,15H,16H2,1-3H3. The second-order valence-electron chi connectivity index (χ2n) is 4.46. The molecule has 0 amide bonds. The highest BCUT2D eigenvalue weighted by molar-refractivity contribution is 8.00. The Hall–Kier alpha value is -1.39. The number of hydrogen-bond acceptors (Lipinski definition) is 4. The molecule has 1 heterocycles. The maximum Gasteiger partial charge on any atom is 0.118 e. The summed E-state index contributed by atoms with van der Waals surface area (Å²) in [6.45, 7) is 4.10. The second-order valence-corrected chi connectivity index (χ2v) is 5.88. The highest BCUT2D eigenvalue weighted by atomic mass is 32.2. The number of nitrogens with two attached hydrogens (primary N) is 1. The summed E-state index contributed by atoms with van der Waals surface area (Å²) >= 11 is 1.74. The first-order chi connectivity index (χ1) is 9.11.